The van der Waals surface area contributed by atoms with Crippen molar-refractivity contribution in [2.45, 2.75) is 19.4 Å². The van der Waals surface area contributed by atoms with Gasteiger partial charge in [-0.3, -0.25) is 0 Å². The van der Waals surface area contributed by atoms with Gasteiger partial charge in [-0.1, -0.05) is 0 Å². The fraction of sp³-hybridized carbons (Fsp3) is 0.364. The van der Waals surface area contributed by atoms with Crippen LogP contribution in [0.1, 0.15) is 27.4 Å². The van der Waals surface area contributed by atoms with Gasteiger partial charge in [0.2, 0.25) is 0 Å². The van der Waals surface area contributed by atoms with E-state index in [4.69, 9.17) is 4.42 Å². The Kier molecular flexibility index (Phi) is 2.11. The highest BCUT2D eigenvalue weighted by molar-refractivity contribution is 7.11. The summed E-state index contributed by atoms with van der Waals surface area (Å²) in [7, 11) is 0. The molecule has 0 aliphatic carbocycles. The summed E-state index contributed by atoms with van der Waals surface area (Å²) in [5, 5.41) is 4.61. The summed E-state index contributed by atoms with van der Waals surface area (Å²) in [6, 6.07) is 4.15. The van der Waals surface area contributed by atoms with E-state index in [0.717, 1.165) is 23.7 Å². The van der Waals surface area contributed by atoms with E-state index in [1.165, 1.54) is 10.6 Å². The van der Waals surface area contributed by atoms with Crippen molar-refractivity contribution >= 4 is 11.3 Å². The Morgan fingerprint density at radius 1 is 1.60 bits per heavy atom. The average molecular weight is 220 g/mol. The van der Waals surface area contributed by atoms with Crippen LogP contribution in [0.25, 0.3) is 0 Å². The predicted octanol–water partition coefficient (Wildman–Crippen LogP) is 2.28. The third-order valence-electron chi connectivity index (χ3n) is 2.63. The highest BCUT2D eigenvalue weighted by atomic mass is 32.1. The van der Waals surface area contributed by atoms with Crippen LogP contribution in [0, 0.1) is 6.92 Å². The van der Waals surface area contributed by atoms with Crippen molar-refractivity contribution in [3.8, 4) is 0 Å². The maximum atomic E-state index is 5.46. The van der Waals surface area contributed by atoms with E-state index >= 15 is 0 Å². The zero-order valence-electron chi connectivity index (χ0n) is 8.49. The van der Waals surface area contributed by atoms with Crippen LogP contribution in [0.5, 0.6) is 0 Å². The number of hydrogen-bond acceptors (Lipinski definition) is 4. The molecule has 78 valence electrons. The molecule has 0 bridgehead atoms. The van der Waals surface area contributed by atoms with E-state index in [1.54, 1.807) is 17.6 Å². The minimum absolute atomic E-state index is 0.204. The molecule has 0 spiro atoms. The lowest BCUT2D eigenvalue weighted by Gasteiger charge is -2.20. The van der Waals surface area contributed by atoms with Crippen molar-refractivity contribution in [1.29, 1.82) is 0 Å². The largest absolute Gasteiger partial charge is 0.467 e. The lowest BCUT2D eigenvalue weighted by molar-refractivity contribution is 0.438. The molecule has 2 aromatic heterocycles. The zero-order valence-corrected chi connectivity index (χ0v) is 9.30. The minimum atomic E-state index is 0.204. The Morgan fingerprint density at radius 2 is 2.53 bits per heavy atom. The van der Waals surface area contributed by atoms with Gasteiger partial charge in [0.1, 0.15) is 11.8 Å². The van der Waals surface area contributed by atoms with Gasteiger partial charge in [-0.05, 0) is 19.1 Å². The fourth-order valence-corrected chi connectivity index (χ4v) is 3.06. The van der Waals surface area contributed by atoms with Crippen molar-refractivity contribution in [1.82, 2.24) is 10.3 Å². The summed E-state index contributed by atoms with van der Waals surface area (Å²) in [5.41, 5.74) is 1.23. The standard InChI is InChI=1S/C11H12N2OS/c1-7-13-8-4-5-12-10(11(8)15-7)9-3-2-6-14-9/h2-3,6,10,12H,4-5H2,1H3/t10-/m0/s1. The number of furan rings is 1. The third kappa shape index (κ3) is 1.50. The van der Waals surface area contributed by atoms with Crippen LogP contribution in [0.2, 0.25) is 0 Å². The smallest absolute Gasteiger partial charge is 0.126 e. The van der Waals surface area contributed by atoms with E-state index in [9.17, 15) is 0 Å². The molecule has 0 saturated carbocycles. The maximum Gasteiger partial charge on any atom is 0.126 e. The van der Waals surface area contributed by atoms with Crippen LogP contribution < -0.4 is 5.32 Å². The quantitative estimate of drug-likeness (QED) is 0.801. The Labute approximate surface area is 92.1 Å². The number of rotatable bonds is 1. The first-order chi connectivity index (χ1) is 7.34. The highest BCUT2D eigenvalue weighted by Gasteiger charge is 2.26. The van der Waals surface area contributed by atoms with Crippen LogP contribution >= 0.6 is 11.3 Å². The van der Waals surface area contributed by atoms with Crippen LogP contribution in [0.3, 0.4) is 0 Å². The van der Waals surface area contributed by atoms with Crippen molar-refractivity contribution in [3.05, 3.63) is 39.7 Å². The number of thiazole rings is 1. The molecular weight excluding hydrogens is 208 g/mol. The summed E-state index contributed by atoms with van der Waals surface area (Å²) in [5.74, 6) is 0.986. The van der Waals surface area contributed by atoms with Crippen molar-refractivity contribution in [2.75, 3.05) is 6.54 Å². The second-order valence-electron chi connectivity index (χ2n) is 3.70. The van der Waals surface area contributed by atoms with Crippen LogP contribution in [0.4, 0.5) is 0 Å². The SMILES string of the molecule is Cc1nc2c(s1)[C@H](c1ccco1)NCC2. The lowest BCUT2D eigenvalue weighted by atomic mass is 10.1. The van der Waals surface area contributed by atoms with Crippen LogP contribution in [0.15, 0.2) is 22.8 Å². The van der Waals surface area contributed by atoms with E-state index in [0.29, 0.717) is 0 Å². The van der Waals surface area contributed by atoms with Gasteiger partial charge in [-0.25, -0.2) is 4.98 Å². The monoisotopic (exact) mass is 220 g/mol. The summed E-state index contributed by atoms with van der Waals surface area (Å²) in [6.07, 6.45) is 2.75. The van der Waals surface area contributed by atoms with Gasteiger partial charge < -0.3 is 9.73 Å². The summed E-state index contributed by atoms with van der Waals surface area (Å²) >= 11 is 1.76. The molecule has 0 fully saturated rings. The highest BCUT2D eigenvalue weighted by Crippen LogP contribution is 2.33. The molecule has 1 atom stereocenters. The molecule has 3 heterocycles. The first-order valence-corrected chi connectivity index (χ1v) is 5.89. The molecule has 4 heteroatoms. The van der Waals surface area contributed by atoms with Gasteiger partial charge in [0.25, 0.3) is 0 Å². The molecule has 1 N–H and O–H groups in total. The van der Waals surface area contributed by atoms with Gasteiger partial charge in [-0.2, -0.15) is 0 Å². The number of fused-ring (bicyclic) bond motifs is 1. The number of aryl methyl sites for hydroxylation is 1. The zero-order chi connectivity index (χ0) is 10.3. The lowest BCUT2D eigenvalue weighted by Crippen LogP contribution is -2.29. The molecule has 0 aromatic carbocycles. The Bertz CT molecular complexity index is 461. The normalized spacial score (nSPS) is 20.2. The van der Waals surface area contributed by atoms with E-state index in [-0.39, 0.29) is 6.04 Å². The molecule has 1 aliphatic rings. The van der Waals surface area contributed by atoms with Gasteiger partial charge in [0, 0.05) is 13.0 Å². The van der Waals surface area contributed by atoms with Crippen molar-refractivity contribution in [3.63, 3.8) is 0 Å². The van der Waals surface area contributed by atoms with Gasteiger partial charge in [-0.15, -0.1) is 11.3 Å². The minimum Gasteiger partial charge on any atom is -0.467 e. The van der Waals surface area contributed by atoms with E-state index in [2.05, 4.69) is 17.2 Å². The fourth-order valence-electron chi connectivity index (χ4n) is 2.00. The molecule has 3 nitrogen and oxygen atoms in total. The molecule has 3 rings (SSSR count). The van der Waals surface area contributed by atoms with Gasteiger partial charge in [0.05, 0.1) is 21.8 Å². The molecule has 2 aromatic rings. The number of nitrogens with one attached hydrogen (secondary N) is 1. The molecule has 0 amide bonds. The van der Waals surface area contributed by atoms with Gasteiger partial charge in [0.15, 0.2) is 0 Å². The van der Waals surface area contributed by atoms with Gasteiger partial charge >= 0.3 is 0 Å². The summed E-state index contributed by atoms with van der Waals surface area (Å²) in [6.45, 7) is 3.03. The maximum absolute atomic E-state index is 5.46. The topological polar surface area (TPSA) is 38.1 Å². The molecule has 0 radical (unpaired) electrons. The van der Waals surface area contributed by atoms with Crippen LogP contribution in [-0.2, 0) is 6.42 Å². The summed E-state index contributed by atoms with van der Waals surface area (Å²) in [4.78, 5) is 5.86. The first kappa shape index (κ1) is 9.12. The molecule has 1 aliphatic heterocycles. The predicted molar refractivity (Wildman–Crippen MR) is 59.1 cm³/mol. The second kappa shape index (κ2) is 3.47. The number of nitrogens with zero attached hydrogens (tertiary/aromatic N) is 1. The molecular formula is C11H12N2OS. The Balaban J connectivity index is 2.06. The van der Waals surface area contributed by atoms with E-state index in [1.807, 2.05) is 12.1 Å². The number of hydrogen-bond donors (Lipinski definition) is 1. The van der Waals surface area contributed by atoms with Crippen molar-refractivity contribution < 1.29 is 4.42 Å². The molecule has 0 saturated heterocycles. The molecule has 0 unspecified atom stereocenters. The average Bonchev–Trinajstić information content (AvgIpc) is 2.82. The first-order valence-electron chi connectivity index (χ1n) is 5.07. The van der Waals surface area contributed by atoms with E-state index < -0.39 is 0 Å². The molecule has 15 heavy (non-hydrogen) atoms. The Morgan fingerprint density at radius 3 is 3.33 bits per heavy atom. The third-order valence-corrected chi connectivity index (χ3v) is 3.71. The van der Waals surface area contributed by atoms with Crippen molar-refractivity contribution in [2.24, 2.45) is 0 Å². The second-order valence-corrected chi connectivity index (χ2v) is 4.93. The number of aromatic nitrogens is 1. The Hall–Kier alpha value is -1.13. The summed E-state index contributed by atoms with van der Waals surface area (Å²) < 4.78 is 5.46. The van der Waals surface area contributed by atoms with Crippen LogP contribution in [-0.4, -0.2) is 11.5 Å².